The molecule has 1 aromatic carbocycles. The number of furan rings is 1. The first-order chi connectivity index (χ1) is 15.0. The van der Waals surface area contributed by atoms with Crippen molar-refractivity contribution in [3.63, 3.8) is 0 Å². The number of nitrogens with zero attached hydrogens (tertiary/aromatic N) is 2. The first kappa shape index (κ1) is 24.5. The van der Waals surface area contributed by atoms with E-state index in [4.69, 9.17) is 15.4 Å². The number of carboxylic acids is 1. The van der Waals surface area contributed by atoms with Gasteiger partial charge in [0.15, 0.2) is 0 Å². The third-order valence-corrected chi connectivity index (χ3v) is 4.98. The van der Waals surface area contributed by atoms with Gasteiger partial charge in [-0.1, -0.05) is 6.58 Å². The Morgan fingerprint density at radius 3 is 2.50 bits per heavy atom. The quantitative estimate of drug-likeness (QED) is 0.106. The van der Waals surface area contributed by atoms with E-state index in [9.17, 15) is 19.7 Å². The number of carbonyl (C=O) groups excluding carboxylic acids is 1. The van der Waals surface area contributed by atoms with E-state index < -0.39 is 16.8 Å². The molecule has 0 bridgehead atoms. The number of unbranched alkanes of at least 4 members (excludes halogenated alkanes) is 1. The third kappa shape index (κ3) is 6.14. The maximum absolute atomic E-state index is 12.7. The van der Waals surface area contributed by atoms with Crippen molar-refractivity contribution < 1.29 is 24.0 Å². The largest absolute Gasteiger partial charge is 0.481 e. The summed E-state index contributed by atoms with van der Waals surface area (Å²) in [5, 5.41) is 21.2. The number of hydrazine groups is 1. The van der Waals surface area contributed by atoms with Gasteiger partial charge in [0, 0.05) is 24.6 Å². The molecule has 9 heteroatoms. The van der Waals surface area contributed by atoms with Crippen LogP contribution in [0.2, 0.25) is 0 Å². The summed E-state index contributed by atoms with van der Waals surface area (Å²) < 4.78 is 5.79. The number of hydrogen-bond donors (Lipinski definition) is 2. The third-order valence-electron chi connectivity index (χ3n) is 4.98. The van der Waals surface area contributed by atoms with E-state index in [1.165, 1.54) is 12.1 Å². The first-order valence-corrected chi connectivity index (χ1v) is 10.0. The molecule has 32 heavy (non-hydrogen) atoms. The lowest BCUT2D eigenvalue weighted by Crippen LogP contribution is -2.39. The average Bonchev–Trinajstić information content (AvgIpc) is 3.18. The highest BCUT2D eigenvalue weighted by molar-refractivity contribution is 6.01. The van der Waals surface area contributed by atoms with Gasteiger partial charge in [-0.15, -0.1) is 0 Å². The number of nitro benzene ring substituents is 1. The standard InChI is InChI=1S/C23H27N3O6/c1-14(2)18(23(29)25(24)10-6-5-7-22(27)28)13-17-8-9-21(32-17)19-11-15(3)16(4)12-20(19)26(30)31/h8-9,11-13H,1,5-7,10,24H2,2-4H3,(H,27,28)/b18-13-. The topological polar surface area (TPSA) is 140 Å². The number of aliphatic carboxylic acids is 1. The Hall–Kier alpha value is -3.72. The molecule has 0 unspecified atom stereocenters. The van der Waals surface area contributed by atoms with Crippen molar-refractivity contribution in [3.8, 4) is 11.3 Å². The van der Waals surface area contributed by atoms with Gasteiger partial charge in [0.05, 0.1) is 10.5 Å². The van der Waals surface area contributed by atoms with Gasteiger partial charge in [0.1, 0.15) is 11.5 Å². The van der Waals surface area contributed by atoms with E-state index in [-0.39, 0.29) is 24.2 Å². The van der Waals surface area contributed by atoms with Crippen molar-refractivity contribution in [1.82, 2.24) is 5.01 Å². The monoisotopic (exact) mass is 441 g/mol. The van der Waals surface area contributed by atoms with Crippen molar-refractivity contribution in [2.45, 2.75) is 40.0 Å². The van der Waals surface area contributed by atoms with Crippen molar-refractivity contribution in [2.24, 2.45) is 5.84 Å². The number of carboxylic acid groups (broad SMARTS) is 1. The molecule has 0 radical (unpaired) electrons. The van der Waals surface area contributed by atoms with Crippen LogP contribution in [-0.2, 0) is 9.59 Å². The van der Waals surface area contributed by atoms with Crippen LogP contribution in [0.25, 0.3) is 17.4 Å². The van der Waals surface area contributed by atoms with Gasteiger partial charge in [0.25, 0.3) is 11.6 Å². The zero-order valence-electron chi connectivity index (χ0n) is 18.4. The molecule has 2 rings (SSSR count). The van der Waals surface area contributed by atoms with Crippen LogP contribution in [0.4, 0.5) is 5.69 Å². The fourth-order valence-electron chi connectivity index (χ4n) is 3.05. The van der Waals surface area contributed by atoms with Crippen LogP contribution in [0.5, 0.6) is 0 Å². The molecule has 170 valence electrons. The molecule has 9 nitrogen and oxygen atoms in total. The molecule has 0 aliphatic heterocycles. The van der Waals surface area contributed by atoms with Crippen LogP contribution < -0.4 is 5.84 Å². The van der Waals surface area contributed by atoms with E-state index in [0.717, 1.165) is 16.1 Å². The Bertz CT molecular complexity index is 1080. The summed E-state index contributed by atoms with van der Waals surface area (Å²) in [6.07, 6.45) is 2.33. The Morgan fingerprint density at radius 1 is 1.25 bits per heavy atom. The number of aryl methyl sites for hydroxylation is 2. The van der Waals surface area contributed by atoms with E-state index in [2.05, 4.69) is 6.58 Å². The number of nitrogens with two attached hydrogens (primary N) is 1. The van der Waals surface area contributed by atoms with Gasteiger partial charge in [-0.2, -0.15) is 0 Å². The van der Waals surface area contributed by atoms with E-state index in [0.29, 0.717) is 35.5 Å². The minimum Gasteiger partial charge on any atom is -0.481 e. The Morgan fingerprint density at radius 2 is 1.91 bits per heavy atom. The predicted molar refractivity (Wildman–Crippen MR) is 120 cm³/mol. The average molecular weight is 441 g/mol. The summed E-state index contributed by atoms with van der Waals surface area (Å²) in [7, 11) is 0. The molecule has 1 heterocycles. The normalized spacial score (nSPS) is 11.3. The number of hydrogen-bond acceptors (Lipinski definition) is 6. The smallest absolute Gasteiger partial charge is 0.303 e. The summed E-state index contributed by atoms with van der Waals surface area (Å²) in [5.74, 6) is 5.09. The van der Waals surface area contributed by atoms with Gasteiger partial charge in [-0.3, -0.25) is 24.7 Å². The predicted octanol–water partition coefficient (Wildman–Crippen LogP) is 4.39. The SMILES string of the molecule is C=C(C)/C(=C/c1ccc(-c2cc(C)c(C)cc2[N+](=O)[O-])o1)C(=O)N(N)CCCCC(=O)O. The minimum absolute atomic E-state index is 0.00497. The first-order valence-electron chi connectivity index (χ1n) is 10.0. The Balaban J connectivity index is 2.28. The van der Waals surface area contributed by atoms with Crippen molar-refractivity contribution in [2.75, 3.05) is 6.54 Å². The lowest BCUT2D eigenvalue weighted by Gasteiger charge is -2.18. The highest BCUT2D eigenvalue weighted by atomic mass is 16.6. The van der Waals surface area contributed by atoms with E-state index >= 15 is 0 Å². The molecule has 0 spiro atoms. The summed E-state index contributed by atoms with van der Waals surface area (Å²) in [5.41, 5.74) is 2.66. The molecule has 3 N–H and O–H groups in total. The molecule has 0 saturated heterocycles. The molecule has 0 aliphatic rings. The van der Waals surface area contributed by atoms with E-state index in [1.807, 2.05) is 6.92 Å². The van der Waals surface area contributed by atoms with Crippen LogP contribution in [0.1, 0.15) is 43.1 Å². The van der Waals surface area contributed by atoms with Crippen LogP contribution >= 0.6 is 0 Å². The summed E-state index contributed by atoms with van der Waals surface area (Å²) in [6.45, 7) is 9.32. The Kier molecular flexibility index (Phi) is 8.09. The number of rotatable bonds is 10. The molecule has 2 aromatic rings. The number of amides is 1. The van der Waals surface area contributed by atoms with Crippen LogP contribution in [0.15, 0.2) is 46.4 Å². The summed E-state index contributed by atoms with van der Waals surface area (Å²) >= 11 is 0. The van der Waals surface area contributed by atoms with Gasteiger partial charge >= 0.3 is 5.97 Å². The lowest BCUT2D eigenvalue weighted by molar-refractivity contribution is -0.384. The molecule has 1 aromatic heterocycles. The summed E-state index contributed by atoms with van der Waals surface area (Å²) in [4.78, 5) is 34.4. The maximum atomic E-state index is 12.7. The van der Waals surface area contributed by atoms with Crippen LogP contribution in [0, 0.1) is 24.0 Å². The van der Waals surface area contributed by atoms with Crippen molar-refractivity contribution >= 4 is 23.6 Å². The number of carbonyl (C=O) groups is 2. The Labute approximate surface area is 185 Å². The van der Waals surface area contributed by atoms with Gasteiger partial charge in [0.2, 0.25) is 0 Å². The molecule has 0 saturated carbocycles. The molecular formula is C23H27N3O6. The maximum Gasteiger partial charge on any atom is 0.303 e. The van der Waals surface area contributed by atoms with Crippen LogP contribution in [-0.4, -0.2) is 33.5 Å². The zero-order valence-corrected chi connectivity index (χ0v) is 18.4. The fourth-order valence-corrected chi connectivity index (χ4v) is 3.05. The number of nitro groups is 1. The van der Waals surface area contributed by atoms with Crippen molar-refractivity contribution in [3.05, 3.63) is 69.0 Å². The molecule has 0 atom stereocenters. The van der Waals surface area contributed by atoms with Crippen molar-refractivity contribution in [1.29, 1.82) is 0 Å². The lowest BCUT2D eigenvalue weighted by atomic mass is 10.0. The van der Waals surface area contributed by atoms with Gasteiger partial charge < -0.3 is 9.52 Å². The van der Waals surface area contributed by atoms with Gasteiger partial charge in [-0.25, -0.2) is 5.84 Å². The second-order valence-electron chi connectivity index (χ2n) is 7.60. The highest BCUT2D eigenvalue weighted by Gasteiger charge is 2.21. The second-order valence-corrected chi connectivity index (χ2v) is 7.60. The number of benzene rings is 1. The molecule has 0 fully saturated rings. The van der Waals surface area contributed by atoms with E-state index in [1.54, 1.807) is 32.0 Å². The highest BCUT2D eigenvalue weighted by Crippen LogP contribution is 2.34. The zero-order chi connectivity index (χ0) is 24.0. The molecule has 1 amide bonds. The summed E-state index contributed by atoms with van der Waals surface area (Å²) in [6, 6.07) is 6.42. The second kappa shape index (κ2) is 10.5. The van der Waals surface area contributed by atoms with Crippen LogP contribution in [0.3, 0.4) is 0 Å². The molecular weight excluding hydrogens is 414 g/mol. The minimum atomic E-state index is -0.903. The molecule has 0 aliphatic carbocycles. The van der Waals surface area contributed by atoms with Gasteiger partial charge in [-0.05, 0) is 74.6 Å². The fraction of sp³-hybridized carbons (Fsp3) is 0.304.